The fourth-order valence-electron chi connectivity index (χ4n) is 2.69. The molecule has 1 aromatic heterocycles. The third-order valence-corrected chi connectivity index (χ3v) is 4.24. The second-order valence-electron chi connectivity index (χ2n) is 7.17. The summed E-state index contributed by atoms with van der Waals surface area (Å²) >= 11 is 0. The Balaban J connectivity index is 1.90. The summed E-state index contributed by atoms with van der Waals surface area (Å²) < 4.78 is 5.28. The summed E-state index contributed by atoms with van der Waals surface area (Å²) in [5.74, 6) is 1.34. The van der Waals surface area contributed by atoms with Crippen LogP contribution in [0.15, 0.2) is 54.9 Å². The second kappa shape index (κ2) is 7.04. The number of benzene rings is 2. The Bertz CT molecular complexity index is 899. The molecule has 3 N–H and O–H groups in total. The van der Waals surface area contributed by atoms with Crippen LogP contribution in [-0.4, -0.2) is 17.1 Å². The van der Waals surface area contributed by atoms with E-state index in [1.807, 2.05) is 36.4 Å². The summed E-state index contributed by atoms with van der Waals surface area (Å²) in [4.78, 5) is 8.64. The normalized spacial score (nSPS) is 11.2. The van der Waals surface area contributed by atoms with Crippen LogP contribution in [0.25, 0.3) is 11.3 Å². The van der Waals surface area contributed by atoms with Crippen LogP contribution in [0, 0.1) is 0 Å². The Kier molecular flexibility index (Phi) is 4.80. The summed E-state index contributed by atoms with van der Waals surface area (Å²) in [7, 11) is 1.64. The Labute approximate surface area is 154 Å². The molecule has 3 aromatic rings. The van der Waals surface area contributed by atoms with Crippen molar-refractivity contribution >= 4 is 17.2 Å². The minimum Gasteiger partial charge on any atom is -0.497 e. The number of nitrogens with two attached hydrogens (primary N) is 1. The minimum absolute atomic E-state index is 0.117. The van der Waals surface area contributed by atoms with E-state index in [-0.39, 0.29) is 5.41 Å². The van der Waals surface area contributed by atoms with Crippen molar-refractivity contribution in [1.29, 1.82) is 0 Å². The van der Waals surface area contributed by atoms with Crippen molar-refractivity contribution in [2.24, 2.45) is 0 Å². The third-order valence-electron chi connectivity index (χ3n) is 4.24. The van der Waals surface area contributed by atoms with Gasteiger partial charge in [0, 0.05) is 11.3 Å². The van der Waals surface area contributed by atoms with Crippen LogP contribution in [-0.2, 0) is 5.41 Å². The largest absolute Gasteiger partial charge is 0.497 e. The van der Waals surface area contributed by atoms with Crippen LogP contribution in [0.2, 0.25) is 0 Å². The molecule has 26 heavy (non-hydrogen) atoms. The average molecular weight is 348 g/mol. The van der Waals surface area contributed by atoms with Crippen LogP contribution < -0.4 is 15.8 Å². The molecule has 5 heteroatoms. The molecule has 0 aliphatic carbocycles. The topological polar surface area (TPSA) is 73.1 Å². The lowest BCUT2D eigenvalue weighted by Crippen LogP contribution is -2.10. The van der Waals surface area contributed by atoms with Crippen molar-refractivity contribution in [3.8, 4) is 17.0 Å². The molecule has 0 atom stereocenters. The van der Waals surface area contributed by atoms with E-state index >= 15 is 0 Å². The highest BCUT2D eigenvalue weighted by molar-refractivity contribution is 5.82. The number of nitrogens with one attached hydrogen (secondary N) is 1. The van der Waals surface area contributed by atoms with E-state index in [1.165, 1.54) is 11.9 Å². The lowest BCUT2D eigenvalue weighted by molar-refractivity contribution is 0.415. The van der Waals surface area contributed by atoms with E-state index in [4.69, 9.17) is 10.5 Å². The Morgan fingerprint density at radius 3 is 2.38 bits per heavy atom. The zero-order valence-corrected chi connectivity index (χ0v) is 15.6. The highest BCUT2D eigenvalue weighted by Gasteiger charge is 2.14. The van der Waals surface area contributed by atoms with E-state index in [1.54, 1.807) is 7.11 Å². The molecule has 0 saturated heterocycles. The van der Waals surface area contributed by atoms with Gasteiger partial charge in [0.1, 0.15) is 17.8 Å². The van der Waals surface area contributed by atoms with Crippen molar-refractivity contribution < 1.29 is 4.74 Å². The maximum atomic E-state index is 6.33. The molecular formula is C21H24N4O. The molecule has 0 aliphatic heterocycles. The standard InChI is InChI=1S/C21H24N4O/c1-21(2,3)15-8-10-16(11-9-15)25-20-18(22)19(23-13-24-20)14-6-5-7-17(12-14)26-4/h5-13H,22H2,1-4H3,(H,23,24,25). The van der Waals surface area contributed by atoms with Crippen molar-refractivity contribution in [2.45, 2.75) is 26.2 Å². The van der Waals surface area contributed by atoms with Gasteiger partial charge in [-0.1, -0.05) is 45.0 Å². The minimum atomic E-state index is 0.117. The lowest BCUT2D eigenvalue weighted by Gasteiger charge is -2.19. The maximum absolute atomic E-state index is 6.33. The zero-order chi connectivity index (χ0) is 18.7. The molecule has 3 rings (SSSR count). The molecule has 5 nitrogen and oxygen atoms in total. The fraction of sp³-hybridized carbons (Fsp3) is 0.238. The average Bonchev–Trinajstić information content (AvgIpc) is 2.63. The summed E-state index contributed by atoms with van der Waals surface area (Å²) in [6.07, 6.45) is 1.51. The number of nitrogen functional groups attached to an aromatic ring is 1. The highest BCUT2D eigenvalue weighted by Crippen LogP contribution is 2.32. The molecule has 0 radical (unpaired) electrons. The van der Waals surface area contributed by atoms with Crippen LogP contribution in [0.3, 0.4) is 0 Å². The predicted molar refractivity (Wildman–Crippen MR) is 107 cm³/mol. The second-order valence-corrected chi connectivity index (χ2v) is 7.17. The van der Waals surface area contributed by atoms with Gasteiger partial charge in [-0.15, -0.1) is 0 Å². The first-order valence-corrected chi connectivity index (χ1v) is 8.51. The van der Waals surface area contributed by atoms with Crippen molar-refractivity contribution in [2.75, 3.05) is 18.2 Å². The van der Waals surface area contributed by atoms with E-state index < -0.39 is 0 Å². The first-order valence-electron chi connectivity index (χ1n) is 8.51. The molecule has 0 amide bonds. The van der Waals surface area contributed by atoms with Gasteiger partial charge in [0.2, 0.25) is 0 Å². The maximum Gasteiger partial charge on any atom is 0.157 e. The summed E-state index contributed by atoms with van der Waals surface area (Å²) in [5.41, 5.74) is 10.7. The molecule has 0 bridgehead atoms. The predicted octanol–water partition coefficient (Wildman–Crippen LogP) is 4.78. The number of rotatable bonds is 4. The van der Waals surface area contributed by atoms with E-state index in [9.17, 15) is 0 Å². The molecule has 1 heterocycles. The van der Waals surface area contributed by atoms with Crippen LogP contribution in [0.1, 0.15) is 26.3 Å². The van der Waals surface area contributed by atoms with E-state index in [2.05, 4.69) is 48.2 Å². The van der Waals surface area contributed by atoms with Gasteiger partial charge >= 0.3 is 0 Å². The van der Waals surface area contributed by atoms with E-state index in [0.29, 0.717) is 17.2 Å². The SMILES string of the molecule is COc1cccc(-c2ncnc(Nc3ccc(C(C)(C)C)cc3)c2N)c1. The number of hydrogen-bond donors (Lipinski definition) is 2. The monoisotopic (exact) mass is 348 g/mol. The smallest absolute Gasteiger partial charge is 0.157 e. The van der Waals surface area contributed by atoms with Gasteiger partial charge in [-0.05, 0) is 35.2 Å². The third kappa shape index (κ3) is 3.77. The number of ether oxygens (including phenoxy) is 1. The van der Waals surface area contributed by atoms with Crippen LogP contribution in [0.4, 0.5) is 17.2 Å². The van der Waals surface area contributed by atoms with Gasteiger partial charge < -0.3 is 15.8 Å². The molecule has 0 fully saturated rings. The number of hydrogen-bond acceptors (Lipinski definition) is 5. The molecule has 0 spiro atoms. The van der Waals surface area contributed by atoms with Crippen LogP contribution in [0.5, 0.6) is 5.75 Å². The number of aromatic nitrogens is 2. The lowest BCUT2D eigenvalue weighted by atomic mass is 9.87. The fourth-order valence-corrected chi connectivity index (χ4v) is 2.69. The Hall–Kier alpha value is -3.08. The quantitative estimate of drug-likeness (QED) is 0.710. The van der Waals surface area contributed by atoms with Gasteiger partial charge in [0.25, 0.3) is 0 Å². The van der Waals surface area contributed by atoms with Crippen molar-refractivity contribution in [3.63, 3.8) is 0 Å². The number of nitrogens with zero attached hydrogens (tertiary/aromatic N) is 2. The molecule has 0 unspecified atom stereocenters. The molecule has 0 aliphatic rings. The molecular weight excluding hydrogens is 324 g/mol. The first-order chi connectivity index (χ1) is 12.4. The van der Waals surface area contributed by atoms with Crippen molar-refractivity contribution in [1.82, 2.24) is 9.97 Å². The van der Waals surface area contributed by atoms with Gasteiger partial charge in [0.15, 0.2) is 5.82 Å². The number of anilines is 3. The Morgan fingerprint density at radius 1 is 1.00 bits per heavy atom. The van der Waals surface area contributed by atoms with E-state index in [0.717, 1.165) is 17.0 Å². The van der Waals surface area contributed by atoms with Crippen LogP contribution >= 0.6 is 0 Å². The number of methoxy groups -OCH3 is 1. The molecule has 2 aromatic carbocycles. The van der Waals surface area contributed by atoms with Gasteiger partial charge in [-0.2, -0.15) is 0 Å². The zero-order valence-electron chi connectivity index (χ0n) is 15.6. The van der Waals surface area contributed by atoms with Gasteiger partial charge in [0.05, 0.1) is 12.8 Å². The summed E-state index contributed by atoms with van der Waals surface area (Å²) in [6, 6.07) is 15.9. The molecule has 134 valence electrons. The van der Waals surface area contributed by atoms with Gasteiger partial charge in [-0.3, -0.25) is 0 Å². The summed E-state index contributed by atoms with van der Waals surface area (Å²) in [5, 5.41) is 3.28. The Morgan fingerprint density at radius 2 is 1.73 bits per heavy atom. The molecule has 0 saturated carbocycles. The highest BCUT2D eigenvalue weighted by atomic mass is 16.5. The summed E-state index contributed by atoms with van der Waals surface area (Å²) in [6.45, 7) is 6.58. The van der Waals surface area contributed by atoms with Crippen molar-refractivity contribution in [3.05, 3.63) is 60.4 Å². The first kappa shape index (κ1) is 17.7. The van der Waals surface area contributed by atoms with Gasteiger partial charge in [-0.25, -0.2) is 9.97 Å².